The van der Waals surface area contributed by atoms with Crippen LogP contribution in [0.5, 0.6) is 0 Å². The highest BCUT2D eigenvalue weighted by Crippen LogP contribution is 2.40. The largest absolute Gasteiger partial charge is 0.365 e. The van der Waals surface area contributed by atoms with Crippen LogP contribution < -0.4 is 4.90 Å². The third-order valence-electron chi connectivity index (χ3n) is 3.54. The summed E-state index contributed by atoms with van der Waals surface area (Å²) in [7, 11) is 0. The molecule has 20 heavy (non-hydrogen) atoms. The Morgan fingerprint density at radius 2 is 1.80 bits per heavy atom. The van der Waals surface area contributed by atoms with Gasteiger partial charge in [0.2, 0.25) is 0 Å². The smallest absolute Gasteiger partial charge is 0.300 e. The van der Waals surface area contributed by atoms with Crippen molar-refractivity contribution in [1.29, 1.82) is 0 Å². The van der Waals surface area contributed by atoms with Crippen LogP contribution in [0, 0.1) is 26.1 Å². The van der Waals surface area contributed by atoms with Gasteiger partial charge < -0.3 is 4.90 Å². The summed E-state index contributed by atoms with van der Waals surface area (Å²) in [6, 6.07) is 2.14. The van der Waals surface area contributed by atoms with E-state index < -0.39 is 9.85 Å². The minimum absolute atomic E-state index is 0.0560. The van der Waals surface area contributed by atoms with Crippen LogP contribution in [-0.2, 0) is 0 Å². The fourth-order valence-electron chi connectivity index (χ4n) is 2.36. The molecule has 0 radical (unpaired) electrons. The number of anilines is 1. The number of non-ortho nitro benzene ring substituents is 1. The standard InChI is InChI=1S/C12H14ClN3O4/c1-8-2-4-14(5-3-8)12-10(13)6-9(15(17)18)7-11(12)16(19)20/h6-8H,2-5H2,1H3. The number of hydrogen-bond donors (Lipinski definition) is 0. The van der Waals surface area contributed by atoms with Gasteiger partial charge in [-0.2, -0.15) is 0 Å². The molecular weight excluding hydrogens is 286 g/mol. The van der Waals surface area contributed by atoms with Crippen LogP contribution in [0.3, 0.4) is 0 Å². The highest BCUT2D eigenvalue weighted by molar-refractivity contribution is 6.34. The summed E-state index contributed by atoms with van der Waals surface area (Å²) in [5.74, 6) is 0.571. The van der Waals surface area contributed by atoms with Gasteiger partial charge in [0.25, 0.3) is 5.69 Å². The molecule has 1 fully saturated rings. The van der Waals surface area contributed by atoms with E-state index in [1.54, 1.807) is 0 Å². The van der Waals surface area contributed by atoms with Gasteiger partial charge >= 0.3 is 5.69 Å². The van der Waals surface area contributed by atoms with Crippen molar-refractivity contribution in [2.24, 2.45) is 5.92 Å². The van der Waals surface area contributed by atoms with E-state index in [1.165, 1.54) is 6.07 Å². The molecule has 0 aliphatic carbocycles. The Bertz CT molecular complexity index is 556. The molecule has 0 aromatic heterocycles. The zero-order valence-electron chi connectivity index (χ0n) is 10.9. The normalized spacial score (nSPS) is 16.2. The summed E-state index contributed by atoms with van der Waals surface area (Å²) in [5.41, 5.74) is -0.385. The monoisotopic (exact) mass is 299 g/mol. The van der Waals surface area contributed by atoms with Gasteiger partial charge in [-0.05, 0) is 18.8 Å². The molecule has 1 saturated heterocycles. The summed E-state index contributed by atoms with van der Waals surface area (Å²) >= 11 is 6.04. The van der Waals surface area contributed by atoms with Crippen molar-refractivity contribution in [3.63, 3.8) is 0 Å². The van der Waals surface area contributed by atoms with Crippen LogP contribution in [0.25, 0.3) is 0 Å². The Hall–Kier alpha value is -1.89. The van der Waals surface area contributed by atoms with Gasteiger partial charge in [-0.1, -0.05) is 18.5 Å². The predicted molar refractivity (Wildman–Crippen MR) is 75.4 cm³/mol. The maximum Gasteiger partial charge on any atom is 0.300 e. The quantitative estimate of drug-likeness (QED) is 0.630. The molecule has 108 valence electrons. The Labute approximate surface area is 120 Å². The Kier molecular flexibility index (Phi) is 4.08. The molecule has 0 bridgehead atoms. The van der Waals surface area contributed by atoms with E-state index in [4.69, 9.17) is 11.6 Å². The van der Waals surface area contributed by atoms with Crippen LogP contribution in [0.15, 0.2) is 12.1 Å². The number of nitro benzene ring substituents is 2. The average Bonchev–Trinajstić information content (AvgIpc) is 2.39. The number of rotatable bonds is 3. The van der Waals surface area contributed by atoms with Crippen molar-refractivity contribution in [3.05, 3.63) is 37.4 Å². The van der Waals surface area contributed by atoms with Crippen molar-refractivity contribution >= 4 is 28.7 Å². The Morgan fingerprint density at radius 3 is 2.30 bits per heavy atom. The lowest BCUT2D eigenvalue weighted by atomic mass is 9.98. The number of piperidine rings is 1. The fraction of sp³-hybridized carbons (Fsp3) is 0.500. The molecule has 8 heteroatoms. The molecular formula is C12H14ClN3O4. The predicted octanol–water partition coefficient (Wildman–Crippen LogP) is 3.39. The van der Waals surface area contributed by atoms with Crippen molar-refractivity contribution in [1.82, 2.24) is 0 Å². The molecule has 1 heterocycles. The van der Waals surface area contributed by atoms with Crippen molar-refractivity contribution in [2.45, 2.75) is 19.8 Å². The number of benzene rings is 1. The zero-order chi connectivity index (χ0) is 14.9. The van der Waals surface area contributed by atoms with Crippen LogP contribution in [0.4, 0.5) is 17.1 Å². The van der Waals surface area contributed by atoms with E-state index >= 15 is 0 Å². The first-order valence-electron chi connectivity index (χ1n) is 6.27. The SMILES string of the molecule is CC1CCN(c2c(Cl)cc([N+](=O)[O-])cc2[N+](=O)[O-])CC1. The first-order chi connectivity index (χ1) is 9.40. The van der Waals surface area contributed by atoms with Crippen LogP contribution in [0.2, 0.25) is 5.02 Å². The van der Waals surface area contributed by atoms with E-state index in [0.29, 0.717) is 19.0 Å². The van der Waals surface area contributed by atoms with E-state index in [9.17, 15) is 20.2 Å². The van der Waals surface area contributed by atoms with Gasteiger partial charge in [0.15, 0.2) is 0 Å². The Morgan fingerprint density at radius 1 is 1.20 bits per heavy atom. The van der Waals surface area contributed by atoms with Crippen molar-refractivity contribution < 1.29 is 9.85 Å². The lowest BCUT2D eigenvalue weighted by Crippen LogP contribution is -2.33. The minimum Gasteiger partial charge on any atom is -0.365 e. The molecule has 0 N–H and O–H groups in total. The second kappa shape index (κ2) is 5.62. The molecule has 0 spiro atoms. The molecule has 0 amide bonds. The van der Waals surface area contributed by atoms with Crippen molar-refractivity contribution in [3.8, 4) is 0 Å². The van der Waals surface area contributed by atoms with Gasteiger partial charge in [-0.25, -0.2) is 0 Å². The van der Waals surface area contributed by atoms with Gasteiger partial charge in [0.1, 0.15) is 5.69 Å². The summed E-state index contributed by atoms with van der Waals surface area (Å²) in [4.78, 5) is 22.5. The zero-order valence-corrected chi connectivity index (χ0v) is 11.7. The molecule has 1 aromatic rings. The lowest BCUT2D eigenvalue weighted by molar-refractivity contribution is -0.393. The van der Waals surface area contributed by atoms with Gasteiger partial charge in [-0.15, -0.1) is 0 Å². The summed E-state index contributed by atoms with van der Waals surface area (Å²) in [5, 5.41) is 22.0. The van der Waals surface area contributed by atoms with Crippen LogP contribution in [0.1, 0.15) is 19.8 Å². The average molecular weight is 300 g/mol. The van der Waals surface area contributed by atoms with E-state index in [-0.39, 0.29) is 22.1 Å². The second-order valence-electron chi connectivity index (χ2n) is 4.98. The topological polar surface area (TPSA) is 89.5 Å². The molecule has 1 aliphatic rings. The number of hydrogen-bond acceptors (Lipinski definition) is 5. The summed E-state index contributed by atoms with van der Waals surface area (Å²) < 4.78 is 0. The van der Waals surface area contributed by atoms with E-state index in [1.807, 2.05) is 4.90 Å². The first-order valence-corrected chi connectivity index (χ1v) is 6.65. The van der Waals surface area contributed by atoms with Gasteiger partial charge in [0, 0.05) is 19.2 Å². The van der Waals surface area contributed by atoms with Gasteiger partial charge in [-0.3, -0.25) is 20.2 Å². The van der Waals surface area contributed by atoms with Crippen molar-refractivity contribution in [2.75, 3.05) is 18.0 Å². The molecule has 0 saturated carbocycles. The number of nitrogens with zero attached hydrogens (tertiary/aromatic N) is 3. The first kappa shape index (κ1) is 14.5. The number of halogens is 1. The second-order valence-corrected chi connectivity index (χ2v) is 5.39. The van der Waals surface area contributed by atoms with E-state index in [2.05, 4.69) is 6.92 Å². The maximum atomic E-state index is 11.2. The van der Waals surface area contributed by atoms with E-state index in [0.717, 1.165) is 18.9 Å². The molecule has 0 unspecified atom stereocenters. The molecule has 1 aromatic carbocycles. The van der Waals surface area contributed by atoms with Crippen LogP contribution >= 0.6 is 11.6 Å². The third kappa shape index (κ3) is 2.82. The van der Waals surface area contributed by atoms with Gasteiger partial charge in [0.05, 0.1) is 20.9 Å². The van der Waals surface area contributed by atoms with Crippen LogP contribution in [-0.4, -0.2) is 22.9 Å². The molecule has 0 atom stereocenters. The molecule has 2 rings (SSSR count). The summed E-state index contributed by atoms with van der Waals surface area (Å²) in [6.07, 6.45) is 1.84. The number of nitro groups is 2. The maximum absolute atomic E-state index is 11.2. The minimum atomic E-state index is -0.680. The third-order valence-corrected chi connectivity index (χ3v) is 3.82. The Balaban J connectivity index is 2.46. The fourth-order valence-corrected chi connectivity index (χ4v) is 2.69. The molecule has 7 nitrogen and oxygen atoms in total. The lowest BCUT2D eigenvalue weighted by Gasteiger charge is -2.32. The molecule has 1 aliphatic heterocycles. The highest BCUT2D eigenvalue weighted by atomic mass is 35.5. The summed E-state index contributed by atoms with van der Waals surface area (Å²) in [6.45, 7) is 3.46. The highest BCUT2D eigenvalue weighted by Gasteiger charge is 2.29.